The third kappa shape index (κ3) is 5.10. The standard InChI is InChI=1S/C19H26O4/c1-5-19(4,18(20)22-13-17-12-21-17)11-14(2)15(3)23-16-9-7-6-8-10-16/h6-10,14,17H,3,5,11-13H2,1-2,4H3. The number of hydrogen-bond donors (Lipinski definition) is 0. The third-order valence-corrected chi connectivity index (χ3v) is 4.37. The van der Waals surface area contributed by atoms with Crippen molar-refractivity contribution in [1.29, 1.82) is 0 Å². The maximum absolute atomic E-state index is 12.4. The molecule has 126 valence electrons. The molecule has 2 rings (SSSR count). The Hall–Kier alpha value is -1.81. The van der Waals surface area contributed by atoms with E-state index in [1.165, 1.54) is 0 Å². The van der Waals surface area contributed by atoms with Gasteiger partial charge in [-0.15, -0.1) is 0 Å². The van der Waals surface area contributed by atoms with Crippen LogP contribution in [0.2, 0.25) is 0 Å². The van der Waals surface area contributed by atoms with E-state index < -0.39 is 5.41 Å². The molecule has 1 fully saturated rings. The molecule has 1 aromatic carbocycles. The lowest BCUT2D eigenvalue weighted by molar-refractivity contribution is -0.156. The van der Waals surface area contributed by atoms with Gasteiger partial charge in [0.25, 0.3) is 0 Å². The number of benzene rings is 1. The van der Waals surface area contributed by atoms with E-state index in [9.17, 15) is 4.79 Å². The van der Waals surface area contributed by atoms with E-state index in [1.807, 2.05) is 51.1 Å². The Labute approximate surface area is 138 Å². The van der Waals surface area contributed by atoms with Crippen molar-refractivity contribution in [3.8, 4) is 5.75 Å². The van der Waals surface area contributed by atoms with E-state index in [-0.39, 0.29) is 18.0 Å². The number of esters is 1. The topological polar surface area (TPSA) is 48.1 Å². The predicted octanol–water partition coefficient (Wildman–Crippen LogP) is 3.96. The number of para-hydroxylation sites is 1. The molecule has 1 aliphatic heterocycles. The molecule has 0 aliphatic carbocycles. The highest BCUT2D eigenvalue weighted by atomic mass is 16.6. The molecule has 0 N–H and O–H groups in total. The minimum absolute atomic E-state index is 0.0462. The number of carbonyl (C=O) groups is 1. The van der Waals surface area contributed by atoms with Gasteiger partial charge >= 0.3 is 5.97 Å². The van der Waals surface area contributed by atoms with Crippen LogP contribution in [0.15, 0.2) is 42.7 Å². The van der Waals surface area contributed by atoms with Crippen LogP contribution in [0.1, 0.15) is 33.6 Å². The fraction of sp³-hybridized carbons (Fsp3) is 0.526. The lowest BCUT2D eigenvalue weighted by Crippen LogP contribution is -2.32. The third-order valence-electron chi connectivity index (χ3n) is 4.37. The molecule has 0 spiro atoms. The van der Waals surface area contributed by atoms with Crippen LogP contribution in [-0.2, 0) is 14.3 Å². The molecule has 1 aromatic rings. The maximum Gasteiger partial charge on any atom is 0.311 e. The van der Waals surface area contributed by atoms with Gasteiger partial charge in [0.15, 0.2) is 0 Å². The zero-order valence-corrected chi connectivity index (χ0v) is 14.2. The molecule has 0 amide bonds. The second-order valence-corrected chi connectivity index (χ2v) is 6.45. The normalized spacial score (nSPS) is 20.2. The molecule has 23 heavy (non-hydrogen) atoms. The van der Waals surface area contributed by atoms with E-state index in [4.69, 9.17) is 14.2 Å². The average Bonchev–Trinajstić information content (AvgIpc) is 3.37. The van der Waals surface area contributed by atoms with E-state index >= 15 is 0 Å². The molecule has 1 saturated heterocycles. The van der Waals surface area contributed by atoms with Gasteiger partial charge in [-0.25, -0.2) is 0 Å². The minimum Gasteiger partial charge on any atom is -0.462 e. The summed E-state index contributed by atoms with van der Waals surface area (Å²) in [7, 11) is 0. The van der Waals surface area contributed by atoms with Crippen molar-refractivity contribution in [2.75, 3.05) is 13.2 Å². The van der Waals surface area contributed by atoms with Crippen LogP contribution in [0, 0.1) is 11.3 Å². The molecule has 3 unspecified atom stereocenters. The Morgan fingerprint density at radius 1 is 1.43 bits per heavy atom. The van der Waals surface area contributed by atoms with E-state index in [0.717, 1.165) is 5.75 Å². The van der Waals surface area contributed by atoms with E-state index in [0.29, 0.717) is 31.8 Å². The molecule has 4 nitrogen and oxygen atoms in total. The second-order valence-electron chi connectivity index (χ2n) is 6.45. The van der Waals surface area contributed by atoms with Crippen LogP contribution in [0.4, 0.5) is 0 Å². The molecule has 3 atom stereocenters. The first-order chi connectivity index (χ1) is 10.9. The summed E-state index contributed by atoms with van der Waals surface area (Å²) in [5.41, 5.74) is -0.544. The summed E-state index contributed by atoms with van der Waals surface area (Å²) in [4.78, 5) is 12.4. The predicted molar refractivity (Wildman–Crippen MR) is 89.1 cm³/mol. The number of hydrogen-bond acceptors (Lipinski definition) is 4. The Bertz CT molecular complexity index is 536. The number of ether oxygens (including phenoxy) is 3. The number of rotatable bonds is 9. The number of epoxide rings is 1. The monoisotopic (exact) mass is 318 g/mol. The highest BCUT2D eigenvalue weighted by molar-refractivity contribution is 5.76. The zero-order chi connectivity index (χ0) is 16.9. The van der Waals surface area contributed by atoms with Gasteiger partial charge in [0, 0.05) is 5.92 Å². The van der Waals surface area contributed by atoms with Gasteiger partial charge in [-0.1, -0.05) is 38.6 Å². The van der Waals surface area contributed by atoms with Crippen LogP contribution >= 0.6 is 0 Å². The molecule has 0 aromatic heterocycles. The largest absolute Gasteiger partial charge is 0.462 e. The summed E-state index contributed by atoms with van der Waals surface area (Å²) >= 11 is 0. The van der Waals surface area contributed by atoms with Crippen LogP contribution in [0.5, 0.6) is 5.75 Å². The highest BCUT2D eigenvalue weighted by Crippen LogP contribution is 2.34. The first kappa shape index (κ1) is 17.5. The summed E-state index contributed by atoms with van der Waals surface area (Å²) in [6.45, 7) is 11.0. The Kier molecular flexibility index (Phi) is 5.83. The van der Waals surface area contributed by atoms with Crippen molar-refractivity contribution in [3.05, 3.63) is 42.7 Å². The Balaban J connectivity index is 1.90. The second kappa shape index (κ2) is 7.64. The van der Waals surface area contributed by atoms with Gasteiger partial charge in [-0.3, -0.25) is 4.79 Å². The van der Waals surface area contributed by atoms with Crippen molar-refractivity contribution in [3.63, 3.8) is 0 Å². The SMILES string of the molecule is C=C(Oc1ccccc1)C(C)CC(C)(CC)C(=O)OCC1CO1. The lowest BCUT2D eigenvalue weighted by Gasteiger charge is -2.29. The van der Waals surface area contributed by atoms with Gasteiger partial charge in [0.05, 0.1) is 17.8 Å². The molecule has 1 aliphatic rings. The summed E-state index contributed by atoms with van der Waals surface area (Å²) in [6.07, 6.45) is 1.44. The summed E-state index contributed by atoms with van der Waals surface area (Å²) in [5.74, 6) is 1.30. The van der Waals surface area contributed by atoms with E-state index in [2.05, 4.69) is 6.58 Å². The lowest BCUT2D eigenvalue weighted by atomic mass is 9.79. The minimum atomic E-state index is -0.544. The van der Waals surface area contributed by atoms with Crippen molar-refractivity contribution in [1.82, 2.24) is 0 Å². The molecule has 4 heteroatoms. The van der Waals surface area contributed by atoms with E-state index in [1.54, 1.807) is 0 Å². The van der Waals surface area contributed by atoms with Gasteiger partial charge < -0.3 is 14.2 Å². The van der Waals surface area contributed by atoms with Crippen LogP contribution < -0.4 is 4.74 Å². The fourth-order valence-electron chi connectivity index (χ4n) is 2.41. The van der Waals surface area contributed by atoms with Crippen LogP contribution in [0.3, 0.4) is 0 Å². The molecular formula is C19H26O4. The first-order valence-electron chi connectivity index (χ1n) is 8.15. The molecule has 0 saturated carbocycles. The summed E-state index contributed by atoms with van der Waals surface area (Å²) < 4.78 is 16.3. The Morgan fingerprint density at radius 2 is 2.09 bits per heavy atom. The molecular weight excluding hydrogens is 292 g/mol. The van der Waals surface area contributed by atoms with Crippen molar-refractivity contribution >= 4 is 5.97 Å². The van der Waals surface area contributed by atoms with Gasteiger partial charge in [0.2, 0.25) is 0 Å². The first-order valence-corrected chi connectivity index (χ1v) is 8.15. The van der Waals surface area contributed by atoms with Gasteiger partial charge in [-0.2, -0.15) is 0 Å². The van der Waals surface area contributed by atoms with Crippen LogP contribution in [0.25, 0.3) is 0 Å². The van der Waals surface area contributed by atoms with Crippen molar-refractivity contribution in [2.24, 2.45) is 11.3 Å². The number of allylic oxidation sites excluding steroid dienone is 1. The smallest absolute Gasteiger partial charge is 0.311 e. The van der Waals surface area contributed by atoms with Gasteiger partial charge in [0.1, 0.15) is 18.5 Å². The average molecular weight is 318 g/mol. The molecule has 0 radical (unpaired) electrons. The van der Waals surface area contributed by atoms with Gasteiger partial charge in [-0.05, 0) is 31.9 Å². The van der Waals surface area contributed by atoms with Crippen LogP contribution in [-0.4, -0.2) is 25.3 Å². The summed E-state index contributed by atoms with van der Waals surface area (Å²) in [6, 6.07) is 9.55. The molecule has 1 heterocycles. The maximum atomic E-state index is 12.4. The van der Waals surface area contributed by atoms with Crippen molar-refractivity contribution < 1.29 is 19.0 Å². The molecule has 0 bridgehead atoms. The Morgan fingerprint density at radius 3 is 2.65 bits per heavy atom. The summed E-state index contributed by atoms with van der Waals surface area (Å²) in [5, 5.41) is 0. The van der Waals surface area contributed by atoms with Crippen molar-refractivity contribution in [2.45, 2.75) is 39.7 Å². The highest BCUT2D eigenvalue weighted by Gasteiger charge is 2.37. The zero-order valence-electron chi connectivity index (χ0n) is 14.2. The quantitative estimate of drug-likeness (QED) is 0.393. The number of carbonyl (C=O) groups excluding carboxylic acids is 1. The fourth-order valence-corrected chi connectivity index (χ4v) is 2.41.